The largest absolute Gasteiger partial charge is 0.508 e. The van der Waals surface area contributed by atoms with Gasteiger partial charge in [0.15, 0.2) is 0 Å². The molecule has 0 spiro atoms. The van der Waals surface area contributed by atoms with E-state index < -0.39 is 11.9 Å². The van der Waals surface area contributed by atoms with Crippen LogP contribution in [0.1, 0.15) is 79.5 Å². The summed E-state index contributed by atoms with van der Waals surface area (Å²) in [4.78, 5) is 37.4. The zero-order valence-corrected chi connectivity index (χ0v) is 20.2. The SMILES string of the molecule is CC(C)c1ccc(N(C(=O)c2cnccn2)[C@H](C(=O)NC2CCCCC2)c2ccc(O)cc2)cc1. The van der Waals surface area contributed by atoms with E-state index in [1.54, 1.807) is 12.1 Å². The lowest BCUT2D eigenvalue weighted by Crippen LogP contribution is -2.47. The van der Waals surface area contributed by atoms with Crippen LogP contribution in [0.5, 0.6) is 5.75 Å². The van der Waals surface area contributed by atoms with Crippen molar-refractivity contribution in [2.24, 2.45) is 0 Å². The fourth-order valence-corrected chi connectivity index (χ4v) is 4.54. The number of aromatic hydroxyl groups is 1. The number of rotatable bonds is 7. The number of hydrogen-bond acceptors (Lipinski definition) is 5. The molecule has 1 heterocycles. The molecular formula is C28H32N4O3. The number of carbonyl (C=O) groups is 2. The number of carbonyl (C=O) groups excluding carboxylic acids is 2. The van der Waals surface area contributed by atoms with Crippen LogP contribution < -0.4 is 10.2 Å². The van der Waals surface area contributed by atoms with Crippen molar-refractivity contribution in [2.75, 3.05) is 4.90 Å². The highest BCUT2D eigenvalue weighted by Crippen LogP contribution is 2.32. The molecular weight excluding hydrogens is 440 g/mol. The molecule has 1 aliphatic rings. The van der Waals surface area contributed by atoms with E-state index in [4.69, 9.17) is 0 Å². The Kier molecular flexibility index (Phi) is 7.75. The molecule has 0 unspecified atom stereocenters. The van der Waals surface area contributed by atoms with E-state index >= 15 is 0 Å². The molecule has 3 aromatic rings. The number of aromatic nitrogens is 2. The molecule has 0 aliphatic heterocycles. The number of phenols is 1. The van der Waals surface area contributed by atoms with E-state index in [0.29, 0.717) is 17.2 Å². The number of anilines is 1. The Morgan fingerprint density at radius 3 is 2.20 bits per heavy atom. The molecule has 7 heteroatoms. The predicted molar refractivity (Wildman–Crippen MR) is 135 cm³/mol. The minimum Gasteiger partial charge on any atom is -0.508 e. The summed E-state index contributed by atoms with van der Waals surface area (Å²) < 4.78 is 0. The van der Waals surface area contributed by atoms with Crippen molar-refractivity contribution in [1.29, 1.82) is 0 Å². The molecule has 4 rings (SSSR count). The number of hydrogen-bond donors (Lipinski definition) is 2. The third kappa shape index (κ3) is 5.85. The van der Waals surface area contributed by atoms with Gasteiger partial charge in [0, 0.05) is 24.1 Å². The van der Waals surface area contributed by atoms with Crippen LogP contribution in [0.3, 0.4) is 0 Å². The average Bonchev–Trinajstić information content (AvgIpc) is 2.88. The molecule has 7 nitrogen and oxygen atoms in total. The molecule has 1 fully saturated rings. The topological polar surface area (TPSA) is 95.4 Å². The minimum atomic E-state index is -0.947. The first kappa shape index (κ1) is 24.4. The Hall–Kier alpha value is -3.74. The summed E-state index contributed by atoms with van der Waals surface area (Å²) in [5, 5.41) is 13.1. The summed E-state index contributed by atoms with van der Waals surface area (Å²) in [6.45, 7) is 4.21. The van der Waals surface area contributed by atoms with Gasteiger partial charge in [-0.25, -0.2) is 4.98 Å². The molecule has 182 valence electrons. The van der Waals surface area contributed by atoms with Gasteiger partial charge in [-0.1, -0.05) is 57.4 Å². The van der Waals surface area contributed by atoms with Gasteiger partial charge in [0.1, 0.15) is 17.5 Å². The van der Waals surface area contributed by atoms with Crippen molar-refractivity contribution in [3.05, 3.63) is 83.9 Å². The van der Waals surface area contributed by atoms with Crippen LogP contribution in [0.25, 0.3) is 0 Å². The first-order valence-corrected chi connectivity index (χ1v) is 12.2. The maximum atomic E-state index is 13.8. The summed E-state index contributed by atoms with van der Waals surface area (Å²) in [6.07, 6.45) is 9.56. The number of nitrogens with one attached hydrogen (secondary N) is 1. The zero-order valence-electron chi connectivity index (χ0n) is 20.2. The maximum Gasteiger partial charge on any atom is 0.279 e. The van der Waals surface area contributed by atoms with E-state index in [1.165, 1.54) is 42.0 Å². The van der Waals surface area contributed by atoms with Crippen molar-refractivity contribution in [3.63, 3.8) is 0 Å². The molecule has 2 aromatic carbocycles. The summed E-state index contributed by atoms with van der Waals surface area (Å²) >= 11 is 0. The normalized spacial score (nSPS) is 14.9. The predicted octanol–water partition coefficient (Wildman–Crippen LogP) is 5.14. The molecule has 2 N–H and O–H groups in total. The molecule has 1 atom stereocenters. The second-order valence-corrected chi connectivity index (χ2v) is 9.35. The second-order valence-electron chi connectivity index (χ2n) is 9.35. The third-order valence-corrected chi connectivity index (χ3v) is 6.51. The van der Waals surface area contributed by atoms with Crippen LogP contribution >= 0.6 is 0 Å². The molecule has 0 saturated heterocycles. The van der Waals surface area contributed by atoms with Gasteiger partial charge in [-0.05, 0) is 54.2 Å². The van der Waals surface area contributed by atoms with Gasteiger partial charge in [0.2, 0.25) is 5.91 Å². The summed E-state index contributed by atoms with van der Waals surface area (Å²) in [5.74, 6) is -0.260. The molecule has 1 aromatic heterocycles. The van der Waals surface area contributed by atoms with Gasteiger partial charge in [-0.15, -0.1) is 0 Å². The van der Waals surface area contributed by atoms with Gasteiger partial charge in [0.25, 0.3) is 5.91 Å². The van der Waals surface area contributed by atoms with E-state index in [9.17, 15) is 14.7 Å². The third-order valence-electron chi connectivity index (χ3n) is 6.51. The van der Waals surface area contributed by atoms with Crippen LogP contribution in [-0.4, -0.2) is 32.9 Å². The maximum absolute atomic E-state index is 13.8. The lowest BCUT2D eigenvalue weighted by molar-refractivity contribution is -0.123. The highest BCUT2D eigenvalue weighted by Gasteiger charge is 2.35. The van der Waals surface area contributed by atoms with Crippen LogP contribution in [-0.2, 0) is 4.79 Å². The van der Waals surface area contributed by atoms with E-state index in [-0.39, 0.29) is 23.4 Å². The molecule has 0 bridgehead atoms. The fraction of sp³-hybridized carbons (Fsp3) is 0.357. The van der Waals surface area contributed by atoms with Crippen molar-refractivity contribution >= 4 is 17.5 Å². The van der Waals surface area contributed by atoms with Gasteiger partial charge in [0.05, 0.1) is 6.20 Å². The Morgan fingerprint density at radius 2 is 1.60 bits per heavy atom. The Labute approximate surface area is 206 Å². The average molecular weight is 473 g/mol. The highest BCUT2D eigenvalue weighted by atomic mass is 16.3. The number of benzene rings is 2. The molecule has 1 saturated carbocycles. The molecule has 1 aliphatic carbocycles. The number of amides is 2. The zero-order chi connectivity index (χ0) is 24.8. The van der Waals surface area contributed by atoms with Crippen LogP contribution in [0, 0.1) is 0 Å². The standard InChI is InChI=1S/C28H32N4O3/c1-19(2)20-8-12-23(13-9-20)32(28(35)25-18-29-16-17-30-25)26(21-10-14-24(33)15-11-21)27(34)31-22-6-4-3-5-7-22/h8-19,22,26,33H,3-7H2,1-2H3,(H,31,34)/t26-/m0/s1. The van der Waals surface area contributed by atoms with Crippen molar-refractivity contribution < 1.29 is 14.7 Å². The lowest BCUT2D eigenvalue weighted by Gasteiger charge is -2.33. The Morgan fingerprint density at radius 1 is 0.943 bits per heavy atom. The van der Waals surface area contributed by atoms with Gasteiger partial charge in [-0.2, -0.15) is 0 Å². The van der Waals surface area contributed by atoms with Crippen molar-refractivity contribution in [3.8, 4) is 5.75 Å². The van der Waals surface area contributed by atoms with Crippen LogP contribution in [0.15, 0.2) is 67.1 Å². The van der Waals surface area contributed by atoms with Gasteiger partial charge < -0.3 is 10.4 Å². The van der Waals surface area contributed by atoms with Crippen molar-refractivity contribution in [1.82, 2.24) is 15.3 Å². The number of phenolic OH excluding ortho intramolecular Hbond substituents is 1. The molecule has 2 amide bonds. The quantitative estimate of drug-likeness (QED) is 0.496. The van der Waals surface area contributed by atoms with Crippen LogP contribution in [0.2, 0.25) is 0 Å². The smallest absolute Gasteiger partial charge is 0.279 e. The first-order valence-electron chi connectivity index (χ1n) is 12.2. The highest BCUT2D eigenvalue weighted by molar-refractivity contribution is 6.09. The fourth-order valence-electron chi connectivity index (χ4n) is 4.54. The van der Waals surface area contributed by atoms with E-state index in [0.717, 1.165) is 31.2 Å². The minimum absolute atomic E-state index is 0.0765. The molecule has 35 heavy (non-hydrogen) atoms. The van der Waals surface area contributed by atoms with E-state index in [1.807, 2.05) is 24.3 Å². The van der Waals surface area contributed by atoms with E-state index in [2.05, 4.69) is 29.1 Å². The molecule has 0 radical (unpaired) electrons. The summed E-state index contributed by atoms with van der Waals surface area (Å²) in [6, 6.07) is 13.2. The van der Waals surface area contributed by atoms with Crippen LogP contribution in [0.4, 0.5) is 5.69 Å². The van der Waals surface area contributed by atoms with Crippen molar-refractivity contribution in [2.45, 2.75) is 64.0 Å². The van der Waals surface area contributed by atoms with Gasteiger partial charge >= 0.3 is 0 Å². The lowest BCUT2D eigenvalue weighted by atomic mass is 9.94. The second kappa shape index (κ2) is 11.1. The summed E-state index contributed by atoms with van der Waals surface area (Å²) in [7, 11) is 0. The Balaban J connectivity index is 1.79. The summed E-state index contributed by atoms with van der Waals surface area (Å²) in [5.41, 5.74) is 2.46. The Bertz CT molecular complexity index is 1130. The monoisotopic (exact) mass is 472 g/mol. The van der Waals surface area contributed by atoms with Gasteiger partial charge in [-0.3, -0.25) is 19.5 Å². The first-order chi connectivity index (χ1) is 16.9. The number of nitrogens with zero attached hydrogens (tertiary/aromatic N) is 3.